The number of nitrogens with two attached hydrogens (primary N) is 1. The van der Waals surface area contributed by atoms with Crippen molar-refractivity contribution in [2.24, 2.45) is 5.73 Å². The van der Waals surface area contributed by atoms with Gasteiger partial charge in [0, 0.05) is 24.4 Å². The van der Waals surface area contributed by atoms with E-state index in [1.54, 1.807) is 18.5 Å². The molecule has 0 saturated carbocycles. The molecule has 11 nitrogen and oxygen atoms in total. The number of aryl methyl sites for hydroxylation is 1. The molecule has 2 aromatic heterocycles. The van der Waals surface area contributed by atoms with E-state index in [4.69, 9.17) is 29.2 Å². The highest BCUT2D eigenvalue weighted by Gasteiger charge is 2.19. The lowest BCUT2D eigenvalue weighted by molar-refractivity contribution is -0.120. The molecule has 0 saturated heterocycles. The molecule has 2 heterocycles. The Kier molecular flexibility index (Phi) is 7.57. The first-order valence-electron chi connectivity index (χ1n) is 9.59. The van der Waals surface area contributed by atoms with Crippen molar-refractivity contribution in [1.29, 1.82) is 0 Å². The average Bonchev–Trinajstić information content (AvgIpc) is 3.29. The number of nitrogens with zero attached hydrogens (tertiary/aromatic N) is 3. The number of methoxy groups -OCH3 is 2. The summed E-state index contributed by atoms with van der Waals surface area (Å²) in [6.45, 7) is -0.233. The summed E-state index contributed by atoms with van der Waals surface area (Å²) < 4.78 is 26.3. The number of rotatable bonds is 11. The number of hydrogen-bond acceptors (Lipinski definition) is 10. The number of carbonyl (C=O) groups is 2. The van der Waals surface area contributed by atoms with Gasteiger partial charge in [-0.05, 0) is 30.7 Å². The van der Waals surface area contributed by atoms with Gasteiger partial charge in [0.2, 0.25) is 17.5 Å². The van der Waals surface area contributed by atoms with E-state index in [0.717, 1.165) is 5.56 Å². The van der Waals surface area contributed by atoms with Gasteiger partial charge in [-0.3, -0.25) is 9.78 Å². The molecule has 0 aliphatic heterocycles. The zero-order valence-corrected chi connectivity index (χ0v) is 17.6. The van der Waals surface area contributed by atoms with Crippen LogP contribution in [0.1, 0.15) is 22.7 Å². The van der Waals surface area contributed by atoms with Crippen LogP contribution < -0.4 is 19.9 Å². The molecule has 0 aliphatic carbocycles. The Bertz CT molecular complexity index is 1040. The van der Waals surface area contributed by atoms with Crippen LogP contribution in [0.2, 0.25) is 0 Å². The van der Waals surface area contributed by atoms with Crippen molar-refractivity contribution >= 4 is 11.9 Å². The van der Waals surface area contributed by atoms with E-state index < -0.39 is 11.9 Å². The third-order valence-corrected chi connectivity index (χ3v) is 4.21. The van der Waals surface area contributed by atoms with Crippen molar-refractivity contribution in [2.45, 2.75) is 12.8 Å². The summed E-state index contributed by atoms with van der Waals surface area (Å²) >= 11 is 0. The molecule has 3 aromatic rings. The first-order chi connectivity index (χ1) is 15.5. The second-order valence-corrected chi connectivity index (χ2v) is 6.46. The lowest BCUT2D eigenvalue weighted by atomic mass is 10.2. The van der Waals surface area contributed by atoms with Crippen molar-refractivity contribution < 1.29 is 33.1 Å². The Hall–Kier alpha value is -4.15. The molecule has 3 rings (SSSR count). The summed E-state index contributed by atoms with van der Waals surface area (Å²) in [5.41, 5.74) is 6.05. The van der Waals surface area contributed by atoms with Crippen LogP contribution in [0.4, 0.5) is 0 Å². The second-order valence-electron chi connectivity index (χ2n) is 6.46. The van der Waals surface area contributed by atoms with Crippen LogP contribution in [0.15, 0.2) is 41.2 Å². The minimum Gasteiger partial charge on any atom is -0.493 e. The maximum atomic E-state index is 12.5. The number of amides is 1. The minimum absolute atomic E-state index is 0.133. The minimum atomic E-state index is -0.661. The second kappa shape index (κ2) is 10.8. The van der Waals surface area contributed by atoms with Gasteiger partial charge in [0.25, 0.3) is 5.91 Å². The molecule has 0 aliphatic rings. The molecule has 1 aromatic carbocycles. The maximum Gasteiger partial charge on any atom is 0.338 e. The molecule has 32 heavy (non-hydrogen) atoms. The summed E-state index contributed by atoms with van der Waals surface area (Å²) in [5, 5.41) is 3.92. The fourth-order valence-electron chi connectivity index (χ4n) is 2.72. The van der Waals surface area contributed by atoms with Crippen molar-refractivity contribution in [3.05, 3.63) is 48.1 Å². The molecular formula is C21H22N4O7. The third kappa shape index (κ3) is 5.72. The van der Waals surface area contributed by atoms with E-state index in [1.165, 1.54) is 26.4 Å². The Morgan fingerprint density at radius 1 is 1.16 bits per heavy atom. The smallest absolute Gasteiger partial charge is 0.338 e. The lowest BCUT2D eigenvalue weighted by Crippen LogP contribution is -2.20. The van der Waals surface area contributed by atoms with Gasteiger partial charge < -0.3 is 29.2 Å². The van der Waals surface area contributed by atoms with E-state index in [-0.39, 0.29) is 36.0 Å². The standard InChI is InChI=1S/C21H22N4O7/c1-28-15-9-14(10-16(29-2)19(15)31-12-17(22)26)21(27)30-8-4-6-18-24-20(25-32-18)13-5-3-7-23-11-13/h3,5,7,9-11H,4,6,8,12H2,1-2H3,(H2,22,26). The Balaban J connectivity index is 1.56. The number of primary amides is 1. The fraction of sp³-hybridized carbons (Fsp3) is 0.286. The molecule has 2 N–H and O–H groups in total. The Labute approximate surface area is 183 Å². The Morgan fingerprint density at radius 2 is 1.91 bits per heavy atom. The number of pyridine rings is 1. The number of carbonyl (C=O) groups excluding carboxylic acids is 2. The van der Waals surface area contributed by atoms with Gasteiger partial charge in [-0.1, -0.05) is 5.16 Å². The Morgan fingerprint density at radius 3 is 2.53 bits per heavy atom. The van der Waals surface area contributed by atoms with Gasteiger partial charge in [-0.15, -0.1) is 0 Å². The predicted molar refractivity (Wildman–Crippen MR) is 110 cm³/mol. The molecule has 0 atom stereocenters. The normalized spacial score (nSPS) is 10.4. The molecule has 168 valence electrons. The highest BCUT2D eigenvalue weighted by atomic mass is 16.5. The van der Waals surface area contributed by atoms with Gasteiger partial charge in [0.05, 0.1) is 26.4 Å². The monoisotopic (exact) mass is 442 g/mol. The van der Waals surface area contributed by atoms with E-state index in [2.05, 4.69) is 15.1 Å². The summed E-state index contributed by atoms with van der Waals surface area (Å²) in [5.74, 6) is 0.196. The molecular weight excluding hydrogens is 420 g/mol. The van der Waals surface area contributed by atoms with E-state index in [9.17, 15) is 9.59 Å². The molecule has 1 amide bonds. The van der Waals surface area contributed by atoms with E-state index >= 15 is 0 Å². The summed E-state index contributed by atoms with van der Waals surface area (Å²) in [4.78, 5) is 31.8. The van der Waals surface area contributed by atoms with Crippen molar-refractivity contribution in [3.63, 3.8) is 0 Å². The molecule has 0 unspecified atom stereocenters. The van der Waals surface area contributed by atoms with Crippen LogP contribution in [-0.4, -0.2) is 54.4 Å². The maximum absolute atomic E-state index is 12.5. The van der Waals surface area contributed by atoms with E-state index in [0.29, 0.717) is 24.6 Å². The summed E-state index contributed by atoms with van der Waals surface area (Å²) in [6.07, 6.45) is 4.22. The van der Waals surface area contributed by atoms with E-state index in [1.807, 2.05) is 6.07 Å². The van der Waals surface area contributed by atoms with Crippen LogP contribution in [0, 0.1) is 0 Å². The number of hydrogen-bond donors (Lipinski definition) is 1. The largest absolute Gasteiger partial charge is 0.493 e. The fourth-order valence-corrected chi connectivity index (χ4v) is 2.72. The average molecular weight is 442 g/mol. The summed E-state index contributed by atoms with van der Waals surface area (Å²) in [6, 6.07) is 6.47. The number of aromatic nitrogens is 3. The van der Waals surface area contributed by atoms with Gasteiger partial charge in [0.15, 0.2) is 18.1 Å². The van der Waals surface area contributed by atoms with Crippen LogP contribution in [-0.2, 0) is 16.0 Å². The first-order valence-corrected chi connectivity index (χ1v) is 9.59. The van der Waals surface area contributed by atoms with Gasteiger partial charge in [0.1, 0.15) is 0 Å². The van der Waals surface area contributed by atoms with Crippen LogP contribution in [0.25, 0.3) is 11.4 Å². The highest BCUT2D eigenvalue weighted by Crippen LogP contribution is 2.38. The predicted octanol–water partition coefficient (Wildman–Crippen LogP) is 1.80. The van der Waals surface area contributed by atoms with Crippen LogP contribution in [0.5, 0.6) is 17.2 Å². The lowest BCUT2D eigenvalue weighted by Gasteiger charge is -2.15. The van der Waals surface area contributed by atoms with Crippen molar-refractivity contribution in [3.8, 4) is 28.6 Å². The molecule has 0 fully saturated rings. The zero-order chi connectivity index (χ0) is 22.9. The number of ether oxygens (including phenoxy) is 4. The number of benzene rings is 1. The van der Waals surface area contributed by atoms with Gasteiger partial charge >= 0.3 is 5.97 Å². The van der Waals surface area contributed by atoms with Crippen molar-refractivity contribution in [2.75, 3.05) is 27.4 Å². The van der Waals surface area contributed by atoms with Crippen LogP contribution >= 0.6 is 0 Å². The molecule has 11 heteroatoms. The zero-order valence-electron chi connectivity index (χ0n) is 17.6. The van der Waals surface area contributed by atoms with Gasteiger partial charge in [-0.25, -0.2) is 4.79 Å². The SMILES string of the molecule is COc1cc(C(=O)OCCCc2nc(-c3cccnc3)no2)cc(OC)c1OCC(N)=O. The van der Waals surface area contributed by atoms with Crippen molar-refractivity contribution in [1.82, 2.24) is 15.1 Å². The molecule has 0 spiro atoms. The summed E-state index contributed by atoms with van der Waals surface area (Å²) in [7, 11) is 2.79. The van der Waals surface area contributed by atoms with Gasteiger partial charge in [-0.2, -0.15) is 4.98 Å². The highest BCUT2D eigenvalue weighted by molar-refractivity contribution is 5.91. The molecule has 0 bridgehead atoms. The topological polar surface area (TPSA) is 149 Å². The first kappa shape index (κ1) is 22.5. The molecule has 0 radical (unpaired) electrons. The quantitative estimate of drug-likeness (QED) is 0.344. The van der Waals surface area contributed by atoms with Crippen LogP contribution in [0.3, 0.4) is 0 Å². The third-order valence-electron chi connectivity index (χ3n) is 4.21. The number of esters is 1.